The second-order valence-corrected chi connectivity index (χ2v) is 6.90. The van der Waals surface area contributed by atoms with Gasteiger partial charge in [0.2, 0.25) is 0 Å². The van der Waals surface area contributed by atoms with Crippen LogP contribution in [-0.4, -0.2) is 50.1 Å². The van der Waals surface area contributed by atoms with E-state index >= 15 is 0 Å². The molecule has 0 amide bonds. The van der Waals surface area contributed by atoms with E-state index in [4.69, 9.17) is 9.72 Å². The van der Waals surface area contributed by atoms with E-state index in [1.54, 1.807) is 0 Å². The molecule has 4 heterocycles. The number of anilines is 1. The van der Waals surface area contributed by atoms with Gasteiger partial charge in [-0.05, 0) is 28.9 Å². The van der Waals surface area contributed by atoms with E-state index in [0.29, 0.717) is 6.04 Å². The predicted molar refractivity (Wildman–Crippen MR) is 96.0 cm³/mol. The Morgan fingerprint density at radius 2 is 2.17 bits per heavy atom. The normalized spacial score (nSPS) is 18.5. The quantitative estimate of drug-likeness (QED) is 0.671. The molecule has 0 aromatic carbocycles. The Balaban J connectivity index is 1.97. The molecule has 1 fully saturated rings. The summed E-state index contributed by atoms with van der Waals surface area (Å²) in [6.07, 6.45) is 3.69. The van der Waals surface area contributed by atoms with Crippen LogP contribution in [0.2, 0.25) is 0 Å². The van der Waals surface area contributed by atoms with Crippen molar-refractivity contribution in [3.63, 3.8) is 0 Å². The summed E-state index contributed by atoms with van der Waals surface area (Å²) in [6, 6.07) is 2.42. The van der Waals surface area contributed by atoms with Gasteiger partial charge in [0.25, 0.3) is 0 Å². The molecule has 1 unspecified atom stereocenters. The van der Waals surface area contributed by atoms with Crippen molar-refractivity contribution < 1.29 is 4.74 Å². The lowest BCUT2D eigenvalue weighted by Gasteiger charge is -2.34. The number of imidazole rings is 1. The van der Waals surface area contributed by atoms with Crippen LogP contribution in [-0.2, 0) is 18.8 Å². The number of hydrogen-bond donors (Lipinski definition) is 0. The summed E-state index contributed by atoms with van der Waals surface area (Å²) >= 11 is 3.55. The summed E-state index contributed by atoms with van der Waals surface area (Å²) in [6.45, 7) is 4.43. The number of morpholine rings is 1. The molecule has 1 saturated heterocycles. The first-order valence-electron chi connectivity index (χ1n) is 7.90. The number of halogens is 1. The molecule has 24 heavy (non-hydrogen) atoms. The Morgan fingerprint density at radius 1 is 1.33 bits per heavy atom. The first-order valence-corrected chi connectivity index (χ1v) is 8.70. The smallest absolute Gasteiger partial charge is 0.154 e. The van der Waals surface area contributed by atoms with Crippen molar-refractivity contribution >= 4 is 32.8 Å². The van der Waals surface area contributed by atoms with Crippen LogP contribution >= 0.6 is 15.9 Å². The van der Waals surface area contributed by atoms with Crippen molar-refractivity contribution in [2.24, 2.45) is 14.1 Å². The minimum atomic E-state index is 0.290. The van der Waals surface area contributed by atoms with Crippen molar-refractivity contribution in [3.8, 4) is 11.3 Å². The van der Waals surface area contributed by atoms with E-state index < -0.39 is 0 Å². The van der Waals surface area contributed by atoms with Gasteiger partial charge >= 0.3 is 0 Å². The summed E-state index contributed by atoms with van der Waals surface area (Å²) in [4.78, 5) is 11.4. The third kappa shape index (κ3) is 2.41. The number of pyridine rings is 1. The molecule has 1 aliphatic heterocycles. The highest BCUT2D eigenvalue weighted by Crippen LogP contribution is 2.34. The maximum atomic E-state index is 5.56. The molecule has 0 radical (unpaired) electrons. The molecule has 0 bridgehead atoms. The monoisotopic (exact) mass is 390 g/mol. The van der Waals surface area contributed by atoms with E-state index in [-0.39, 0.29) is 0 Å². The maximum absolute atomic E-state index is 5.56. The lowest BCUT2D eigenvalue weighted by Crippen LogP contribution is -2.44. The van der Waals surface area contributed by atoms with Crippen LogP contribution in [0.3, 0.4) is 0 Å². The standard InChI is InChI=1S/C16H19BrN6O/c1-10-8-24-5-4-23(10)13-6-11(12-7-18-9-21(12)2)15-14(19-13)16(17)20-22(15)3/h6-7,9-10H,4-5,8H2,1-3H3. The number of hydrogen-bond acceptors (Lipinski definition) is 5. The van der Waals surface area contributed by atoms with E-state index in [1.165, 1.54) is 0 Å². The Morgan fingerprint density at radius 3 is 2.88 bits per heavy atom. The average molecular weight is 391 g/mol. The number of fused-ring (bicyclic) bond motifs is 1. The average Bonchev–Trinajstić information content (AvgIpc) is 3.11. The summed E-state index contributed by atoms with van der Waals surface area (Å²) in [5, 5.41) is 4.49. The molecule has 1 aliphatic rings. The van der Waals surface area contributed by atoms with Gasteiger partial charge in [-0.15, -0.1) is 0 Å². The molecule has 3 aromatic heterocycles. The van der Waals surface area contributed by atoms with Crippen LogP contribution in [0.5, 0.6) is 0 Å². The number of nitrogens with zero attached hydrogens (tertiary/aromatic N) is 6. The number of rotatable bonds is 2. The van der Waals surface area contributed by atoms with Crippen LogP contribution in [0.25, 0.3) is 22.3 Å². The fraction of sp³-hybridized carbons (Fsp3) is 0.438. The molecule has 0 spiro atoms. The van der Waals surface area contributed by atoms with E-state index in [2.05, 4.69) is 43.9 Å². The highest BCUT2D eigenvalue weighted by molar-refractivity contribution is 9.10. The van der Waals surface area contributed by atoms with E-state index in [1.807, 2.05) is 35.9 Å². The minimum absolute atomic E-state index is 0.290. The summed E-state index contributed by atoms with van der Waals surface area (Å²) in [5.74, 6) is 0.947. The lowest BCUT2D eigenvalue weighted by molar-refractivity contribution is 0.0986. The zero-order valence-electron chi connectivity index (χ0n) is 13.9. The van der Waals surface area contributed by atoms with Gasteiger partial charge in [-0.2, -0.15) is 5.10 Å². The summed E-state index contributed by atoms with van der Waals surface area (Å²) < 4.78 is 10.2. The molecule has 1 atom stereocenters. The Kier molecular flexibility index (Phi) is 3.80. The van der Waals surface area contributed by atoms with Crippen molar-refractivity contribution in [3.05, 3.63) is 23.2 Å². The Bertz CT molecular complexity index is 901. The summed E-state index contributed by atoms with van der Waals surface area (Å²) in [7, 11) is 3.93. The zero-order chi connectivity index (χ0) is 16.8. The molecule has 0 aliphatic carbocycles. The third-order valence-electron chi connectivity index (χ3n) is 4.49. The fourth-order valence-corrected chi connectivity index (χ4v) is 3.77. The first-order chi connectivity index (χ1) is 11.6. The zero-order valence-corrected chi connectivity index (χ0v) is 15.5. The highest BCUT2D eigenvalue weighted by atomic mass is 79.9. The third-order valence-corrected chi connectivity index (χ3v) is 5.02. The van der Waals surface area contributed by atoms with Gasteiger partial charge in [0.1, 0.15) is 11.3 Å². The fourth-order valence-electron chi connectivity index (χ4n) is 3.25. The molecule has 0 N–H and O–H groups in total. The SMILES string of the molecule is CC1COCCN1c1cc(-c2cncn2C)c2c(n1)c(Br)nn2C. The van der Waals surface area contributed by atoms with Crippen molar-refractivity contribution in [2.45, 2.75) is 13.0 Å². The van der Waals surface area contributed by atoms with Crippen LogP contribution in [0.15, 0.2) is 23.2 Å². The maximum Gasteiger partial charge on any atom is 0.154 e. The topological polar surface area (TPSA) is 61.0 Å². The molecule has 8 heteroatoms. The molecular formula is C16H19BrN6O. The Hall–Kier alpha value is -1.93. The molecule has 4 rings (SSSR count). The molecule has 3 aromatic rings. The number of aromatic nitrogens is 5. The second-order valence-electron chi connectivity index (χ2n) is 6.15. The molecule has 0 saturated carbocycles. The molecule has 7 nitrogen and oxygen atoms in total. The predicted octanol–water partition coefficient (Wildman–Crippen LogP) is 2.36. The van der Waals surface area contributed by atoms with Gasteiger partial charge in [0.15, 0.2) is 4.60 Å². The number of aryl methyl sites for hydroxylation is 2. The van der Waals surface area contributed by atoms with E-state index in [0.717, 1.165) is 52.5 Å². The largest absolute Gasteiger partial charge is 0.377 e. The van der Waals surface area contributed by atoms with Crippen molar-refractivity contribution in [1.29, 1.82) is 0 Å². The van der Waals surface area contributed by atoms with Gasteiger partial charge in [-0.25, -0.2) is 9.97 Å². The minimum Gasteiger partial charge on any atom is -0.377 e. The van der Waals surface area contributed by atoms with Crippen molar-refractivity contribution in [2.75, 3.05) is 24.7 Å². The van der Waals surface area contributed by atoms with Gasteiger partial charge in [0, 0.05) is 26.2 Å². The van der Waals surface area contributed by atoms with Crippen molar-refractivity contribution in [1.82, 2.24) is 24.3 Å². The Labute approximate surface area is 148 Å². The molecule has 126 valence electrons. The molecular weight excluding hydrogens is 372 g/mol. The first kappa shape index (κ1) is 15.6. The van der Waals surface area contributed by atoms with Gasteiger partial charge in [0.05, 0.1) is 43.0 Å². The summed E-state index contributed by atoms with van der Waals surface area (Å²) in [5.41, 5.74) is 3.98. The van der Waals surface area contributed by atoms with Crippen LogP contribution < -0.4 is 4.90 Å². The van der Waals surface area contributed by atoms with Crippen LogP contribution in [0.1, 0.15) is 6.92 Å². The number of ether oxygens (including phenoxy) is 1. The van der Waals surface area contributed by atoms with Gasteiger partial charge in [-0.1, -0.05) is 0 Å². The van der Waals surface area contributed by atoms with Gasteiger partial charge in [-0.3, -0.25) is 4.68 Å². The van der Waals surface area contributed by atoms with Crippen LogP contribution in [0.4, 0.5) is 5.82 Å². The van der Waals surface area contributed by atoms with Crippen LogP contribution in [0, 0.1) is 0 Å². The van der Waals surface area contributed by atoms with Gasteiger partial charge < -0.3 is 14.2 Å². The van der Waals surface area contributed by atoms with E-state index in [9.17, 15) is 0 Å². The lowest BCUT2D eigenvalue weighted by atomic mass is 10.1. The highest BCUT2D eigenvalue weighted by Gasteiger charge is 2.24. The second kappa shape index (κ2) is 5.86.